The summed E-state index contributed by atoms with van der Waals surface area (Å²) < 4.78 is 40.2. The van der Waals surface area contributed by atoms with Crippen molar-refractivity contribution >= 4 is 23.4 Å². The van der Waals surface area contributed by atoms with E-state index in [9.17, 15) is 32.7 Å². The molecule has 3 amide bonds. The topological polar surface area (TPSA) is 90.0 Å². The number of amides is 3. The number of nitrogens with one attached hydrogen (secondary N) is 1. The van der Waals surface area contributed by atoms with Gasteiger partial charge in [-0.15, -0.1) is 0 Å². The summed E-state index contributed by atoms with van der Waals surface area (Å²) in [5, 5.41) is 12.3. The van der Waals surface area contributed by atoms with Gasteiger partial charge >= 0.3 is 6.18 Å². The number of alkyl halides is 3. The van der Waals surface area contributed by atoms with Crippen molar-refractivity contribution in [3.05, 3.63) is 78.0 Å². The lowest BCUT2D eigenvalue weighted by Crippen LogP contribution is -2.57. The maximum absolute atomic E-state index is 13.6. The zero-order valence-electron chi connectivity index (χ0n) is 20.8. The van der Waals surface area contributed by atoms with Crippen molar-refractivity contribution in [3.8, 4) is 0 Å². The summed E-state index contributed by atoms with van der Waals surface area (Å²) in [4.78, 5) is 41.5. The molecule has 3 atom stereocenters. The maximum Gasteiger partial charge on any atom is 0.416 e. The number of halogens is 3. The largest absolute Gasteiger partial charge is 0.416 e. The Morgan fingerprint density at radius 1 is 1.03 bits per heavy atom. The maximum atomic E-state index is 13.6. The fourth-order valence-corrected chi connectivity index (χ4v) is 4.31. The highest BCUT2D eigenvalue weighted by Crippen LogP contribution is 2.30. The molecule has 0 radical (unpaired) electrons. The minimum absolute atomic E-state index is 0.267. The number of aliphatic hydroxyl groups excluding tert-OH is 1. The third-order valence-corrected chi connectivity index (χ3v) is 6.10. The summed E-state index contributed by atoms with van der Waals surface area (Å²) in [6.45, 7) is 4.25. The van der Waals surface area contributed by atoms with Gasteiger partial charge in [0.2, 0.25) is 11.8 Å². The van der Waals surface area contributed by atoms with Gasteiger partial charge in [0, 0.05) is 13.1 Å². The van der Waals surface area contributed by atoms with E-state index in [1.54, 1.807) is 74.5 Å². The molecule has 2 aromatic carbocycles. The monoisotopic (exact) mass is 517 g/mol. The Bertz CT molecular complexity index is 1140. The molecule has 1 heterocycles. The fraction of sp³-hybridized carbons (Fsp3) is 0.370. The van der Waals surface area contributed by atoms with E-state index in [-0.39, 0.29) is 23.9 Å². The number of hydrogen-bond acceptors (Lipinski definition) is 4. The van der Waals surface area contributed by atoms with Crippen LogP contribution in [0.1, 0.15) is 31.9 Å². The Balaban J connectivity index is 1.93. The van der Waals surface area contributed by atoms with Crippen LogP contribution in [0.4, 0.5) is 13.2 Å². The van der Waals surface area contributed by atoms with E-state index in [2.05, 4.69) is 5.32 Å². The van der Waals surface area contributed by atoms with Gasteiger partial charge in [-0.1, -0.05) is 74.5 Å². The third-order valence-electron chi connectivity index (χ3n) is 6.10. The fourth-order valence-electron chi connectivity index (χ4n) is 4.31. The first kappa shape index (κ1) is 27.9. The summed E-state index contributed by atoms with van der Waals surface area (Å²) in [5.41, 5.74) is 1.31. The van der Waals surface area contributed by atoms with Gasteiger partial charge in [-0.25, -0.2) is 0 Å². The first-order chi connectivity index (χ1) is 17.4. The Morgan fingerprint density at radius 2 is 1.59 bits per heavy atom. The molecule has 2 N–H and O–H groups in total. The average molecular weight is 518 g/mol. The van der Waals surface area contributed by atoms with E-state index in [1.807, 2.05) is 0 Å². The van der Waals surface area contributed by atoms with E-state index in [0.717, 1.165) is 0 Å². The number of hydrogen-bond donors (Lipinski definition) is 2. The number of nitrogens with zero attached hydrogens (tertiary/aromatic N) is 2. The van der Waals surface area contributed by atoms with Gasteiger partial charge < -0.3 is 15.3 Å². The van der Waals surface area contributed by atoms with Crippen LogP contribution in [-0.2, 0) is 20.8 Å². The highest BCUT2D eigenvalue weighted by atomic mass is 19.4. The molecule has 2 unspecified atom stereocenters. The van der Waals surface area contributed by atoms with E-state index < -0.39 is 42.7 Å². The summed E-state index contributed by atoms with van der Waals surface area (Å²) in [7, 11) is 0. The number of carbonyl (C=O) groups is 3. The van der Waals surface area contributed by atoms with Crippen LogP contribution in [0, 0.1) is 5.92 Å². The van der Waals surface area contributed by atoms with Crippen LogP contribution in [0.5, 0.6) is 0 Å². The standard InChI is InChI=1S/C27H30F3N3O4/c1-17(2)24-26(37)33(22(15-32(24)18(3)34)20-12-8-5-9-13-20)16-23(35)31-21(25(36)27(28,29)30)14-19-10-6-4-7-11-19/h4-13,15,17,21,24-25,36H,14,16H2,1-3H3,(H,31,35)/t21?,24-,25?/m0/s1. The van der Waals surface area contributed by atoms with Crippen LogP contribution in [0.2, 0.25) is 0 Å². The highest BCUT2D eigenvalue weighted by molar-refractivity contribution is 5.99. The Labute approximate surface area is 213 Å². The van der Waals surface area contributed by atoms with Gasteiger partial charge in [0.1, 0.15) is 12.6 Å². The zero-order valence-corrected chi connectivity index (χ0v) is 20.8. The van der Waals surface area contributed by atoms with Crippen LogP contribution in [-0.4, -0.2) is 63.5 Å². The van der Waals surface area contributed by atoms with Crippen LogP contribution >= 0.6 is 0 Å². The smallest absolute Gasteiger partial charge is 0.382 e. The zero-order chi connectivity index (χ0) is 27.3. The number of carbonyl (C=O) groups excluding carboxylic acids is 3. The minimum atomic E-state index is -4.96. The average Bonchev–Trinajstić information content (AvgIpc) is 2.84. The molecule has 0 saturated heterocycles. The molecule has 1 aliphatic heterocycles. The van der Waals surface area contributed by atoms with Crippen molar-refractivity contribution in [1.29, 1.82) is 0 Å². The second kappa shape index (κ2) is 11.6. The van der Waals surface area contributed by atoms with Crippen molar-refractivity contribution in [2.24, 2.45) is 5.92 Å². The summed E-state index contributed by atoms with van der Waals surface area (Å²) in [6.07, 6.45) is -6.55. The molecule has 2 aromatic rings. The summed E-state index contributed by atoms with van der Waals surface area (Å²) >= 11 is 0. The highest BCUT2D eigenvalue weighted by Gasteiger charge is 2.45. The molecule has 7 nitrogen and oxygen atoms in total. The first-order valence-electron chi connectivity index (χ1n) is 11.9. The van der Waals surface area contributed by atoms with Gasteiger partial charge in [-0.2, -0.15) is 13.2 Å². The number of benzene rings is 2. The molecular weight excluding hydrogens is 487 g/mol. The molecule has 10 heteroatoms. The Hall–Kier alpha value is -3.66. The molecule has 3 rings (SSSR count). The van der Waals surface area contributed by atoms with Crippen LogP contribution in [0.25, 0.3) is 5.70 Å². The SMILES string of the molecule is CC(=O)N1C=C(c2ccccc2)N(CC(=O)NC(Cc2ccccc2)C(O)C(F)(F)F)C(=O)[C@@H]1C(C)C. The molecule has 0 saturated carbocycles. The summed E-state index contributed by atoms with van der Waals surface area (Å²) in [6, 6.07) is 14.2. The van der Waals surface area contributed by atoms with E-state index in [1.165, 1.54) is 22.9 Å². The molecule has 0 aliphatic carbocycles. The lowest BCUT2D eigenvalue weighted by Gasteiger charge is -2.40. The van der Waals surface area contributed by atoms with E-state index in [0.29, 0.717) is 11.1 Å². The molecule has 198 valence electrons. The van der Waals surface area contributed by atoms with Crippen LogP contribution in [0.15, 0.2) is 66.9 Å². The van der Waals surface area contributed by atoms with Crippen molar-refractivity contribution in [2.75, 3.05) is 6.54 Å². The third kappa shape index (κ3) is 6.76. The van der Waals surface area contributed by atoms with Gasteiger partial charge in [0.15, 0.2) is 6.10 Å². The lowest BCUT2D eigenvalue weighted by atomic mass is 9.97. The molecule has 37 heavy (non-hydrogen) atoms. The molecule has 1 aliphatic rings. The normalized spacial score (nSPS) is 17.9. The van der Waals surface area contributed by atoms with E-state index >= 15 is 0 Å². The van der Waals surface area contributed by atoms with Gasteiger partial charge in [0.05, 0.1) is 11.7 Å². The first-order valence-corrected chi connectivity index (χ1v) is 11.9. The molecule has 0 bridgehead atoms. The van der Waals surface area contributed by atoms with Crippen molar-refractivity contribution < 1.29 is 32.7 Å². The van der Waals surface area contributed by atoms with Crippen LogP contribution < -0.4 is 5.32 Å². The van der Waals surface area contributed by atoms with Crippen LogP contribution in [0.3, 0.4) is 0 Å². The van der Waals surface area contributed by atoms with Crippen molar-refractivity contribution in [2.45, 2.75) is 51.6 Å². The van der Waals surface area contributed by atoms with Crippen molar-refractivity contribution in [3.63, 3.8) is 0 Å². The minimum Gasteiger partial charge on any atom is -0.382 e. The number of rotatable bonds is 8. The Morgan fingerprint density at radius 3 is 2.11 bits per heavy atom. The quantitative estimate of drug-likeness (QED) is 0.562. The lowest BCUT2D eigenvalue weighted by molar-refractivity contribution is -0.212. The van der Waals surface area contributed by atoms with Crippen molar-refractivity contribution in [1.82, 2.24) is 15.1 Å². The Kier molecular flexibility index (Phi) is 8.75. The van der Waals surface area contributed by atoms with Gasteiger partial charge in [0.25, 0.3) is 5.91 Å². The number of aliphatic hydroxyl groups is 1. The van der Waals surface area contributed by atoms with Gasteiger partial charge in [-0.3, -0.25) is 19.3 Å². The molecule has 0 spiro atoms. The molecule has 0 fully saturated rings. The van der Waals surface area contributed by atoms with Gasteiger partial charge in [-0.05, 0) is 23.5 Å². The predicted octanol–water partition coefficient (Wildman–Crippen LogP) is 3.35. The van der Waals surface area contributed by atoms with E-state index in [4.69, 9.17) is 0 Å². The molecule has 0 aromatic heterocycles. The summed E-state index contributed by atoms with van der Waals surface area (Å²) in [5.74, 6) is -2.06. The molecular formula is C27H30F3N3O4. The predicted molar refractivity (Wildman–Crippen MR) is 131 cm³/mol. The second-order valence-electron chi connectivity index (χ2n) is 9.27. The second-order valence-corrected chi connectivity index (χ2v) is 9.27.